The summed E-state index contributed by atoms with van der Waals surface area (Å²) in [7, 11) is -1.49. The van der Waals surface area contributed by atoms with Gasteiger partial charge in [-0.05, 0) is 54.1 Å². The summed E-state index contributed by atoms with van der Waals surface area (Å²) in [5.74, 6) is 0.448. The monoisotopic (exact) mass is 532 g/mol. The van der Waals surface area contributed by atoms with Gasteiger partial charge in [0.05, 0.1) is 17.0 Å². The highest BCUT2D eigenvalue weighted by molar-refractivity contribution is 7.86. The average Bonchev–Trinajstić information content (AvgIpc) is 2.95. The maximum atomic E-state index is 13.5. The highest BCUT2D eigenvalue weighted by Crippen LogP contribution is 2.23. The first-order chi connectivity index (χ1) is 18.0. The van der Waals surface area contributed by atoms with Gasteiger partial charge in [-0.15, -0.1) is 0 Å². The first kappa shape index (κ1) is 26.4. The van der Waals surface area contributed by atoms with E-state index in [1.807, 2.05) is 53.4 Å². The normalized spacial score (nSPS) is 14.7. The van der Waals surface area contributed by atoms with Crippen LogP contribution in [0, 0.1) is 0 Å². The molecule has 0 aliphatic carbocycles. The molecule has 190 valence electrons. The number of hydrogen-bond donors (Lipinski definition) is 0. The van der Waals surface area contributed by atoms with Crippen molar-refractivity contribution in [2.24, 2.45) is 0 Å². The number of anilines is 1. The van der Waals surface area contributed by atoms with Gasteiger partial charge in [-0.2, -0.15) is 0 Å². The molecule has 1 unspecified atom stereocenters. The lowest BCUT2D eigenvalue weighted by Gasteiger charge is -2.36. The fourth-order valence-electron chi connectivity index (χ4n) is 4.08. The standard InChI is InChI=1S/C29H29ClN4O2S/c1-3-8-26(4-2)32-17-19-33(20-18-32)29(35)24-13-16-28(31-21-24)34(22-23-11-14-25(30)15-12-23)37(36)27-9-6-5-7-10-27/h3-16,21H,1-2,17-20,22H2/b26-8+. The van der Waals surface area contributed by atoms with E-state index in [1.165, 1.54) is 0 Å². The number of nitrogens with zero attached hydrogens (tertiary/aromatic N) is 4. The minimum absolute atomic E-state index is 0.0695. The molecule has 0 spiro atoms. The molecule has 1 atom stereocenters. The van der Waals surface area contributed by atoms with Crippen LogP contribution in [-0.2, 0) is 17.5 Å². The highest BCUT2D eigenvalue weighted by atomic mass is 35.5. The van der Waals surface area contributed by atoms with Crippen molar-refractivity contribution in [2.75, 3.05) is 30.5 Å². The lowest BCUT2D eigenvalue weighted by molar-refractivity contribution is 0.0672. The van der Waals surface area contributed by atoms with Crippen molar-refractivity contribution in [3.8, 4) is 0 Å². The van der Waals surface area contributed by atoms with Crippen molar-refractivity contribution in [1.29, 1.82) is 0 Å². The molecule has 1 saturated heterocycles. The molecule has 1 amide bonds. The Morgan fingerprint density at radius 2 is 1.65 bits per heavy atom. The van der Waals surface area contributed by atoms with Crippen LogP contribution in [0.2, 0.25) is 5.02 Å². The van der Waals surface area contributed by atoms with Gasteiger partial charge in [0.1, 0.15) is 5.82 Å². The second kappa shape index (κ2) is 12.5. The first-order valence-electron chi connectivity index (χ1n) is 11.9. The molecule has 3 aromatic rings. The number of pyridine rings is 1. The Kier molecular flexibility index (Phi) is 8.93. The van der Waals surface area contributed by atoms with Gasteiger partial charge in [-0.25, -0.2) is 9.19 Å². The molecule has 8 heteroatoms. The van der Waals surface area contributed by atoms with Crippen LogP contribution < -0.4 is 4.31 Å². The molecule has 2 aromatic carbocycles. The van der Waals surface area contributed by atoms with E-state index in [0.29, 0.717) is 54.0 Å². The lowest BCUT2D eigenvalue weighted by Crippen LogP contribution is -2.48. The number of rotatable bonds is 9. The SMILES string of the molecule is C=C/C=C(\C=C)N1CCN(C(=O)c2ccc(N(Cc3ccc(Cl)cc3)S(=O)c3ccccc3)nc2)CC1. The third-order valence-corrected chi connectivity index (χ3v) is 7.71. The zero-order valence-electron chi connectivity index (χ0n) is 20.5. The number of hydrogen-bond acceptors (Lipinski definition) is 4. The van der Waals surface area contributed by atoms with Crippen molar-refractivity contribution >= 4 is 34.3 Å². The second-order valence-electron chi connectivity index (χ2n) is 8.44. The number of halogens is 1. The van der Waals surface area contributed by atoms with Crippen LogP contribution in [0.4, 0.5) is 5.82 Å². The van der Waals surface area contributed by atoms with Gasteiger partial charge < -0.3 is 9.80 Å². The zero-order valence-corrected chi connectivity index (χ0v) is 22.1. The van der Waals surface area contributed by atoms with Crippen molar-refractivity contribution in [3.05, 3.63) is 126 Å². The van der Waals surface area contributed by atoms with Crippen LogP contribution in [0.3, 0.4) is 0 Å². The number of carbonyl (C=O) groups excluding carboxylic acids is 1. The summed E-state index contributed by atoms with van der Waals surface area (Å²) >= 11 is 6.04. The Labute approximate surface area is 225 Å². The Hall–Kier alpha value is -3.68. The predicted molar refractivity (Wildman–Crippen MR) is 151 cm³/mol. The molecule has 4 rings (SSSR count). The quantitative estimate of drug-likeness (QED) is 0.342. The van der Waals surface area contributed by atoms with Gasteiger partial charge in [0.15, 0.2) is 11.0 Å². The predicted octanol–water partition coefficient (Wildman–Crippen LogP) is 5.48. The van der Waals surface area contributed by atoms with Crippen LogP contribution in [-0.4, -0.2) is 51.1 Å². The third kappa shape index (κ3) is 6.56. The number of piperazine rings is 1. The van der Waals surface area contributed by atoms with E-state index in [4.69, 9.17) is 11.6 Å². The van der Waals surface area contributed by atoms with Crippen molar-refractivity contribution in [2.45, 2.75) is 11.4 Å². The van der Waals surface area contributed by atoms with E-state index in [2.05, 4.69) is 23.0 Å². The number of aromatic nitrogens is 1. The number of amides is 1. The number of benzene rings is 2. The maximum Gasteiger partial charge on any atom is 0.255 e. The molecule has 6 nitrogen and oxygen atoms in total. The maximum absolute atomic E-state index is 13.5. The smallest absolute Gasteiger partial charge is 0.255 e. The fraction of sp³-hybridized carbons (Fsp3) is 0.172. The van der Waals surface area contributed by atoms with Gasteiger partial charge in [0.25, 0.3) is 5.91 Å². The first-order valence-corrected chi connectivity index (χ1v) is 13.4. The zero-order chi connectivity index (χ0) is 26.2. The third-order valence-electron chi connectivity index (χ3n) is 6.06. The van der Waals surface area contributed by atoms with Crippen molar-refractivity contribution in [3.63, 3.8) is 0 Å². The number of carbonyl (C=O) groups is 1. The van der Waals surface area contributed by atoms with Gasteiger partial charge in [-0.1, -0.05) is 61.2 Å². The largest absolute Gasteiger partial charge is 0.368 e. The average molecular weight is 533 g/mol. The molecule has 0 N–H and O–H groups in total. The summed E-state index contributed by atoms with van der Waals surface area (Å²) in [4.78, 5) is 22.4. The molecule has 0 saturated carbocycles. The Morgan fingerprint density at radius 1 is 0.973 bits per heavy atom. The summed E-state index contributed by atoms with van der Waals surface area (Å²) in [5, 5.41) is 0.638. The van der Waals surface area contributed by atoms with Crippen LogP contribution >= 0.6 is 11.6 Å². The second-order valence-corrected chi connectivity index (χ2v) is 10.3. The summed E-state index contributed by atoms with van der Waals surface area (Å²) in [5.41, 5.74) is 2.44. The van der Waals surface area contributed by atoms with Gasteiger partial charge >= 0.3 is 0 Å². The fourth-order valence-corrected chi connectivity index (χ4v) is 5.39. The Bertz CT molecular complexity index is 1290. The van der Waals surface area contributed by atoms with Crippen LogP contribution in [0.5, 0.6) is 0 Å². The molecule has 0 radical (unpaired) electrons. The molecule has 1 aliphatic heterocycles. The summed E-state index contributed by atoms with van der Waals surface area (Å²) < 4.78 is 15.2. The van der Waals surface area contributed by atoms with E-state index in [0.717, 1.165) is 11.3 Å². The van der Waals surface area contributed by atoms with Gasteiger partial charge in [0.2, 0.25) is 0 Å². The summed E-state index contributed by atoms with van der Waals surface area (Å²) in [6.45, 7) is 10.6. The summed E-state index contributed by atoms with van der Waals surface area (Å²) in [6, 6.07) is 20.2. The van der Waals surface area contributed by atoms with E-state index in [1.54, 1.807) is 46.9 Å². The van der Waals surface area contributed by atoms with Gasteiger partial charge in [-0.3, -0.25) is 9.10 Å². The Morgan fingerprint density at radius 3 is 2.24 bits per heavy atom. The Balaban J connectivity index is 1.50. The van der Waals surface area contributed by atoms with E-state index >= 15 is 0 Å². The van der Waals surface area contributed by atoms with Gasteiger partial charge in [0, 0.05) is 43.1 Å². The minimum atomic E-state index is -1.49. The topological polar surface area (TPSA) is 56.8 Å². The lowest BCUT2D eigenvalue weighted by atomic mass is 10.2. The molecule has 1 aliphatic rings. The van der Waals surface area contributed by atoms with E-state index < -0.39 is 11.0 Å². The number of allylic oxidation sites excluding steroid dienone is 3. The highest BCUT2D eigenvalue weighted by Gasteiger charge is 2.24. The minimum Gasteiger partial charge on any atom is -0.368 e. The molecular formula is C29H29ClN4O2S. The van der Waals surface area contributed by atoms with E-state index in [-0.39, 0.29) is 5.91 Å². The molecular weight excluding hydrogens is 504 g/mol. The van der Waals surface area contributed by atoms with E-state index in [9.17, 15) is 9.00 Å². The van der Waals surface area contributed by atoms with Crippen molar-refractivity contribution in [1.82, 2.24) is 14.8 Å². The van der Waals surface area contributed by atoms with Crippen LogP contribution in [0.25, 0.3) is 0 Å². The summed E-state index contributed by atoms with van der Waals surface area (Å²) in [6.07, 6.45) is 7.02. The molecule has 2 heterocycles. The molecule has 0 bridgehead atoms. The van der Waals surface area contributed by atoms with Crippen molar-refractivity contribution < 1.29 is 9.00 Å². The molecule has 37 heavy (non-hydrogen) atoms. The molecule has 1 aromatic heterocycles. The van der Waals surface area contributed by atoms with Crippen LogP contribution in [0.15, 0.2) is 115 Å². The molecule has 1 fully saturated rings. The van der Waals surface area contributed by atoms with Crippen LogP contribution in [0.1, 0.15) is 15.9 Å².